The van der Waals surface area contributed by atoms with Crippen LogP contribution in [0.4, 0.5) is 5.69 Å². The summed E-state index contributed by atoms with van der Waals surface area (Å²) in [6.45, 7) is 2.07. The number of hydrogen-bond donors (Lipinski definition) is 0. The van der Waals surface area contributed by atoms with Gasteiger partial charge in [0, 0.05) is 17.0 Å². The number of hydrazone groups is 1. The quantitative estimate of drug-likeness (QED) is 0.556. The number of methoxy groups -OCH3 is 1. The molecule has 3 nitrogen and oxygen atoms in total. The summed E-state index contributed by atoms with van der Waals surface area (Å²) in [5.41, 5.74) is 5.49. The van der Waals surface area contributed by atoms with Gasteiger partial charge in [-0.1, -0.05) is 48.0 Å². The zero-order chi connectivity index (χ0) is 18.8. The molecule has 1 atom stereocenters. The summed E-state index contributed by atoms with van der Waals surface area (Å²) in [6.07, 6.45) is 0.802. The fourth-order valence-electron chi connectivity index (χ4n) is 3.47. The summed E-state index contributed by atoms with van der Waals surface area (Å²) in [4.78, 5) is 0. The second-order valence-corrected chi connectivity index (χ2v) is 7.14. The highest BCUT2D eigenvalue weighted by Gasteiger charge is 2.31. The van der Waals surface area contributed by atoms with E-state index in [1.165, 1.54) is 11.1 Å². The van der Waals surface area contributed by atoms with Crippen LogP contribution in [0, 0.1) is 6.92 Å². The van der Waals surface area contributed by atoms with Crippen molar-refractivity contribution in [3.05, 3.63) is 94.5 Å². The van der Waals surface area contributed by atoms with Gasteiger partial charge >= 0.3 is 0 Å². The lowest BCUT2D eigenvalue weighted by atomic mass is 9.97. The molecule has 1 heterocycles. The van der Waals surface area contributed by atoms with Gasteiger partial charge in [0.1, 0.15) is 5.75 Å². The van der Waals surface area contributed by atoms with Crippen molar-refractivity contribution in [1.29, 1.82) is 0 Å². The summed E-state index contributed by atoms with van der Waals surface area (Å²) in [6, 6.07) is 24.7. The van der Waals surface area contributed by atoms with Crippen molar-refractivity contribution in [3.63, 3.8) is 0 Å². The minimum Gasteiger partial charge on any atom is -0.496 e. The molecule has 0 N–H and O–H groups in total. The topological polar surface area (TPSA) is 24.8 Å². The lowest BCUT2D eigenvalue weighted by Crippen LogP contribution is -2.18. The lowest BCUT2D eigenvalue weighted by molar-refractivity contribution is 0.413. The molecule has 0 aromatic heterocycles. The zero-order valence-electron chi connectivity index (χ0n) is 15.4. The first-order chi connectivity index (χ1) is 13.2. The van der Waals surface area contributed by atoms with Gasteiger partial charge in [0.05, 0.1) is 24.6 Å². The molecule has 3 aromatic carbocycles. The molecule has 0 amide bonds. The smallest absolute Gasteiger partial charge is 0.128 e. The highest BCUT2D eigenvalue weighted by Crippen LogP contribution is 2.38. The third kappa shape index (κ3) is 3.56. The van der Waals surface area contributed by atoms with Crippen LogP contribution >= 0.6 is 11.6 Å². The van der Waals surface area contributed by atoms with Crippen LogP contribution in [-0.4, -0.2) is 12.8 Å². The van der Waals surface area contributed by atoms with E-state index in [9.17, 15) is 0 Å². The number of para-hydroxylation sites is 1. The van der Waals surface area contributed by atoms with E-state index in [1.54, 1.807) is 7.11 Å². The van der Waals surface area contributed by atoms with E-state index >= 15 is 0 Å². The number of anilines is 1. The number of hydrogen-bond acceptors (Lipinski definition) is 3. The Morgan fingerprint density at radius 1 is 1.00 bits per heavy atom. The molecule has 4 heteroatoms. The highest BCUT2D eigenvalue weighted by atomic mass is 35.5. The van der Waals surface area contributed by atoms with Crippen molar-refractivity contribution in [2.45, 2.75) is 19.4 Å². The predicted octanol–water partition coefficient (Wildman–Crippen LogP) is 6.01. The molecule has 3 aromatic rings. The standard InChI is InChI=1S/C23H21ClN2O/c1-16-8-13-20(23(14-16)27-2)21-15-22(17-9-11-18(24)12-10-17)26(25-21)19-6-4-3-5-7-19/h3-14,22H,15H2,1-2H3. The molecule has 0 spiro atoms. The van der Waals surface area contributed by atoms with E-state index in [4.69, 9.17) is 21.4 Å². The van der Waals surface area contributed by atoms with Crippen LogP contribution < -0.4 is 9.75 Å². The van der Waals surface area contributed by atoms with E-state index in [-0.39, 0.29) is 6.04 Å². The fourth-order valence-corrected chi connectivity index (χ4v) is 3.60. The van der Waals surface area contributed by atoms with Gasteiger partial charge in [-0.25, -0.2) is 0 Å². The van der Waals surface area contributed by atoms with Crippen molar-refractivity contribution in [3.8, 4) is 5.75 Å². The van der Waals surface area contributed by atoms with Crippen molar-refractivity contribution in [2.75, 3.05) is 12.1 Å². The molecule has 27 heavy (non-hydrogen) atoms. The number of rotatable bonds is 4. The number of nitrogens with zero attached hydrogens (tertiary/aromatic N) is 2. The van der Waals surface area contributed by atoms with Crippen LogP contribution in [0.5, 0.6) is 5.75 Å². The van der Waals surface area contributed by atoms with Gasteiger partial charge in [-0.2, -0.15) is 5.10 Å². The molecule has 1 aliphatic rings. The average molecular weight is 377 g/mol. The largest absolute Gasteiger partial charge is 0.496 e. The van der Waals surface area contributed by atoms with E-state index in [1.807, 2.05) is 30.3 Å². The van der Waals surface area contributed by atoms with Crippen molar-refractivity contribution in [2.24, 2.45) is 5.10 Å². The molecular weight excluding hydrogens is 356 g/mol. The molecule has 0 saturated heterocycles. The number of ether oxygens (including phenoxy) is 1. The molecule has 0 bridgehead atoms. The van der Waals surface area contributed by atoms with Crippen LogP contribution in [-0.2, 0) is 0 Å². The molecule has 136 valence electrons. The molecule has 1 unspecified atom stereocenters. The average Bonchev–Trinajstić information content (AvgIpc) is 3.14. The van der Waals surface area contributed by atoms with Crippen molar-refractivity contribution in [1.82, 2.24) is 0 Å². The third-order valence-electron chi connectivity index (χ3n) is 4.85. The Bertz CT molecular complexity index is 967. The minimum absolute atomic E-state index is 0.116. The molecule has 0 aliphatic carbocycles. The third-order valence-corrected chi connectivity index (χ3v) is 5.11. The van der Waals surface area contributed by atoms with Crippen LogP contribution in [0.1, 0.15) is 29.2 Å². The predicted molar refractivity (Wildman–Crippen MR) is 112 cm³/mol. The number of halogens is 1. The van der Waals surface area contributed by atoms with E-state index in [2.05, 4.69) is 54.4 Å². The van der Waals surface area contributed by atoms with Gasteiger partial charge in [-0.15, -0.1) is 0 Å². The Kier molecular flexibility index (Phi) is 4.87. The van der Waals surface area contributed by atoms with Crippen LogP contribution in [0.2, 0.25) is 5.02 Å². The monoisotopic (exact) mass is 376 g/mol. The van der Waals surface area contributed by atoms with Crippen molar-refractivity contribution >= 4 is 23.0 Å². The molecular formula is C23H21ClN2O. The zero-order valence-corrected chi connectivity index (χ0v) is 16.1. The SMILES string of the molecule is COc1cc(C)ccc1C1=NN(c2ccccc2)C(c2ccc(Cl)cc2)C1. The Labute approximate surface area is 164 Å². The van der Waals surface area contributed by atoms with Gasteiger partial charge < -0.3 is 4.74 Å². The summed E-state index contributed by atoms with van der Waals surface area (Å²) in [5, 5.41) is 7.82. The first kappa shape index (κ1) is 17.6. The molecule has 0 radical (unpaired) electrons. The van der Waals surface area contributed by atoms with Gasteiger partial charge in [-0.05, 0) is 54.4 Å². The van der Waals surface area contributed by atoms with Crippen LogP contribution in [0.25, 0.3) is 0 Å². The Morgan fingerprint density at radius 2 is 1.74 bits per heavy atom. The van der Waals surface area contributed by atoms with E-state index in [0.717, 1.165) is 34.2 Å². The molecule has 4 rings (SSSR count). The maximum atomic E-state index is 6.09. The Hall–Kier alpha value is -2.78. The maximum absolute atomic E-state index is 6.09. The van der Waals surface area contributed by atoms with Gasteiger partial charge in [0.2, 0.25) is 0 Å². The molecule has 0 saturated carbocycles. The van der Waals surface area contributed by atoms with Gasteiger partial charge in [0.15, 0.2) is 0 Å². The summed E-state index contributed by atoms with van der Waals surface area (Å²) in [5.74, 6) is 0.860. The van der Waals surface area contributed by atoms with E-state index < -0.39 is 0 Å². The number of aryl methyl sites for hydroxylation is 1. The second-order valence-electron chi connectivity index (χ2n) is 6.70. The normalized spacial score (nSPS) is 16.3. The Balaban J connectivity index is 1.77. The van der Waals surface area contributed by atoms with Crippen molar-refractivity contribution < 1.29 is 4.74 Å². The fraction of sp³-hybridized carbons (Fsp3) is 0.174. The van der Waals surface area contributed by atoms with Gasteiger partial charge in [-0.3, -0.25) is 5.01 Å². The molecule has 1 aliphatic heterocycles. The van der Waals surface area contributed by atoms with Crippen LogP contribution in [0.15, 0.2) is 77.9 Å². The first-order valence-corrected chi connectivity index (χ1v) is 9.36. The maximum Gasteiger partial charge on any atom is 0.128 e. The highest BCUT2D eigenvalue weighted by molar-refractivity contribution is 6.30. The summed E-state index contributed by atoms with van der Waals surface area (Å²) < 4.78 is 5.62. The lowest BCUT2D eigenvalue weighted by Gasteiger charge is -2.24. The van der Waals surface area contributed by atoms with E-state index in [0.29, 0.717) is 0 Å². The Morgan fingerprint density at radius 3 is 2.44 bits per heavy atom. The molecule has 0 fully saturated rings. The minimum atomic E-state index is 0.116. The number of benzene rings is 3. The first-order valence-electron chi connectivity index (χ1n) is 8.98. The second kappa shape index (κ2) is 7.45. The van der Waals surface area contributed by atoms with Crippen LogP contribution in [0.3, 0.4) is 0 Å². The van der Waals surface area contributed by atoms with Gasteiger partial charge in [0.25, 0.3) is 0 Å². The summed E-state index contributed by atoms with van der Waals surface area (Å²) in [7, 11) is 1.71. The summed E-state index contributed by atoms with van der Waals surface area (Å²) >= 11 is 6.09.